The number of nitrogens with zero attached hydrogens (tertiary/aromatic N) is 1. The number of ketones is 1. The molecule has 0 spiro atoms. The molecule has 0 N–H and O–H groups in total. The molecule has 1 aromatic rings. The Morgan fingerprint density at radius 1 is 1.58 bits per heavy atom. The van der Waals surface area contributed by atoms with Crippen molar-refractivity contribution in [3.05, 3.63) is 41.0 Å². The van der Waals surface area contributed by atoms with Crippen molar-refractivity contribution in [1.29, 1.82) is 0 Å². The maximum Gasteiger partial charge on any atom is 0.222 e. The van der Waals surface area contributed by atoms with Crippen LogP contribution < -0.4 is 0 Å². The Labute approximate surface area is 69.5 Å². The molecular formula is C9H6FNO. The van der Waals surface area contributed by atoms with Crippen molar-refractivity contribution in [3.8, 4) is 0 Å². The molecule has 0 unspecified atom stereocenters. The number of hydrogen-bond acceptors (Lipinski definition) is 1. The van der Waals surface area contributed by atoms with E-state index in [2.05, 4.69) is 4.85 Å². The van der Waals surface area contributed by atoms with E-state index in [1.165, 1.54) is 19.1 Å². The summed E-state index contributed by atoms with van der Waals surface area (Å²) < 4.78 is 12.7. The van der Waals surface area contributed by atoms with Gasteiger partial charge in [-0.2, -0.15) is 0 Å². The standard InChI is InChI=1S/C9H6FNO/c1-6(12)7-3-4-8(10)9(5-7)11-2/h3-5H,1H3. The van der Waals surface area contributed by atoms with E-state index in [4.69, 9.17) is 6.57 Å². The second-order valence-electron chi connectivity index (χ2n) is 2.33. The minimum Gasteiger partial charge on any atom is -0.295 e. The number of carbonyl (C=O) groups excluding carboxylic acids is 1. The smallest absolute Gasteiger partial charge is 0.222 e. The summed E-state index contributed by atoms with van der Waals surface area (Å²) >= 11 is 0. The fourth-order valence-electron chi connectivity index (χ4n) is 0.817. The number of hydrogen-bond donors (Lipinski definition) is 0. The van der Waals surface area contributed by atoms with Gasteiger partial charge in [0.1, 0.15) is 5.82 Å². The molecule has 12 heavy (non-hydrogen) atoms. The molecule has 0 aromatic heterocycles. The highest BCUT2D eigenvalue weighted by Crippen LogP contribution is 2.19. The lowest BCUT2D eigenvalue weighted by Crippen LogP contribution is -1.91. The summed E-state index contributed by atoms with van der Waals surface area (Å²) in [4.78, 5) is 13.7. The van der Waals surface area contributed by atoms with Crippen molar-refractivity contribution >= 4 is 11.5 Å². The fourth-order valence-corrected chi connectivity index (χ4v) is 0.817. The lowest BCUT2D eigenvalue weighted by Gasteiger charge is -1.96. The molecule has 1 aromatic carbocycles. The Balaban J connectivity index is 3.25. The van der Waals surface area contributed by atoms with E-state index >= 15 is 0 Å². The van der Waals surface area contributed by atoms with Crippen LogP contribution in [0.25, 0.3) is 4.85 Å². The molecule has 0 heterocycles. The summed E-state index contributed by atoms with van der Waals surface area (Å²) in [6.07, 6.45) is 0. The van der Waals surface area contributed by atoms with Crippen molar-refractivity contribution in [1.82, 2.24) is 0 Å². The molecule has 0 aliphatic carbocycles. The monoisotopic (exact) mass is 163 g/mol. The van der Waals surface area contributed by atoms with Crippen LogP contribution in [0.4, 0.5) is 10.1 Å². The van der Waals surface area contributed by atoms with Gasteiger partial charge in [0.15, 0.2) is 5.78 Å². The van der Waals surface area contributed by atoms with Gasteiger partial charge in [0.2, 0.25) is 5.69 Å². The Kier molecular flexibility index (Phi) is 2.20. The molecule has 0 aliphatic rings. The Morgan fingerprint density at radius 3 is 2.75 bits per heavy atom. The maximum absolute atomic E-state index is 12.7. The molecule has 0 saturated carbocycles. The first-order valence-corrected chi connectivity index (χ1v) is 3.33. The molecule has 0 aliphatic heterocycles. The van der Waals surface area contributed by atoms with Crippen molar-refractivity contribution < 1.29 is 9.18 Å². The minimum absolute atomic E-state index is 0.109. The number of halogens is 1. The van der Waals surface area contributed by atoms with Gasteiger partial charge >= 0.3 is 0 Å². The summed E-state index contributed by atoms with van der Waals surface area (Å²) in [6.45, 7) is 7.97. The molecule has 0 saturated heterocycles. The number of rotatable bonds is 1. The molecule has 0 radical (unpaired) electrons. The highest BCUT2D eigenvalue weighted by atomic mass is 19.1. The Bertz CT molecular complexity index is 365. The van der Waals surface area contributed by atoms with Gasteiger partial charge in [0, 0.05) is 5.56 Å². The Hall–Kier alpha value is -1.69. The SMILES string of the molecule is [C-]#[N+]c1cc(C(C)=O)ccc1F. The van der Waals surface area contributed by atoms with Gasteiger partial charge in [-0.1, -0.05) is 6.07 Å². The van der Waals surface area contributed by atoms with E-state index in [1.807, 2.05) is 0 Å². The fraction of sp³-hybridized carbons (Fsp3) is 0.111. The maximum atomic E-state index is 12.7. The molecule has 2 nitrogen and oxygen atoms in total. The van der Waals surface area contributed by atoms with E-state index < -0.39 is 5.82 Å². The van der Waals surface area contributed by atoms with Crippen LogP contribution in [0.3, 0.4) is 0 Å². The third-order valence-corrected chi connectivity index (χ3v) is 1.47. The predicted molar refractivity (Wildman–Crippen MR) is 42.7 cm³/mol. The van der Waals surface area contributed by atoms with Gasteiger partial charge < -0.3 is 0 Å². The van der Waals surface area contributed by atoms with E-state index in [0.717, 1.165) is 6.07 Å². The number of benzene rings is 1. The molecule has 0 bridgehead atoms. The van der Waals surface area contributed by atoms with Crippen molar-refractivity contribution in [2.24, 2.45) is 0 Å². The van der Waals surface area contributed by atoms with Crippen LogP contribution in [0.1, 0.15) is 17.3 Å². The topological polar surface area (TPSA) is 21.4 Å². The van der Waals surface area contributed by atoms with Crippen LogP contribution in [0.15, 0.2) is 18.2 Å². The summed E-state index contributed by atoms with van der Waals surface area (Å²) in [5, 5.41) is 0. The Morgan fingerprint density at radius 2 is 2.25 bits per heavy atom. The zero-order chi connectivity index (χ0) is 9.14. The van der Waals surface area contributed by atoms with Crippen LogP contribution in [0, 0.1) is 12.4 Å². The summed E-state index contributed by atoms with van der Waals surface area (Å²) in [6, 6.07) is 3.75. The minimum atomic E-state index is -0.588. The summed E-state index contributed by atoms with van der Waals surface area (Å²) in [5.74, 6) is -0.755. The number of carbonyl (C=O) groups is 1. The van der Waals surface area contributed by atoms with E-state index in [1.54, 1.807) is 0 Å². The van der Waals surface area contributed by atoms with Crippen molar-refractivity contribution in [3.63, 3.8) is 0 Å². The van der Waals surface area contributed by atoms with Crippen LogP contribution in [-0.2, 0) is 0 Å². The molecule has 1 rings (SSSR count). The molecule has 0 fully saturated rings. The lowest BCUT2D eigenvalue weighted by molar-refractivity contribution is 0.101. The zero-order valence-corrected chi connectivity index (χ0v) is 6.47. The lowest BCUT2D eigenvalue weighted by atomic mass is 10.1. The predicted octanol–water partition coefficient (Wildman–Crippen LogP) is 2.58. The van der Waals surface area contributed by atoms with Gasteiger partial charge in [-0.25, -0.2) is 9.24 Å². The first kappa shape index (κ1) is 8.41. The van der Waals surface area contributed by atoms with Crippen molar-refractivity contribution in [2.45, 2.75) is 6.92 Å². The van der Waals surface area contributed by atoms with Crippen LogP contribution in [0.2, 0.25) is 0 Å². The van der Waals surface area contributed by atoms with Crippen LogP contribution in [-0.4, -0.2) is 5.78 Å². The zero-order valence-electron chi connectivity index (χ0n) is 6.47. The summed E-state index contributed by atoms with van der Waals surface area (Å²) in [5.41, 5.74) is 0.255. The highest BCUT2D eigenvalue weighted by Gasteiger charge is 2.04. The first-order valence-electron chi connectivity index (χ1n) is 3.33. The quantitative estimate of drug-likeness (QED) is 0.460. The van der Waals surface area contributed by atoms with Crippen LogP contribution in [0.5, 0.6) is 0 Å². The third kappa shape index (κ3) is 1.48. The second-order valence-corrected chi connectivity index (χ2v) is 2.33. The van der Waals surface area contributed by atoms with Gasteiger partial charge in [-0.05, 0) is 19.1 Å². The number of Topliss-reactive ketones (excluding diaryl/α,β-unsaturated/α-hetero) is 1. The van der Waals surface area contributed by atoms with Gasteiger partial charge in [-0.15, -0.1) is 0 Å². The molecule has 0 atom stereocenters. The second kappa shape index (κ2) is 3.14. The van der Waals surface area contributed by atoms with Gasteiger partial charge in [0.05, 0.1) is 6.57 Å². The third-order valence-electron chi connectivity index (χ3n) is 1.47. The van der Waals surface area contributed by atoms with E-state index in [9.17, 15) is 9.18 Å². The molecule has 60 valence electrons. The molecular weight excluding hydrogens is 157 g/mol. The molecule has 3 heteroatoms. The normalized spacial score (nSPS) is 9.08. The average molecular weight is 163 g/mol. The molecule has 0 amide bonds. The largest absolute Gasteiger partial charge is 0.295 e. The van der Waals surface area contributed by atoms with Crippen molar-refractivity contribution in [2.75, 3.05) is 0 Å². The van der Waals surface area contributed by atoms with E-state index in [-0.39, 0.29) is 11.5 Å². The average Bonchev–Trinajstić information content (AvgIpc) is 2.05. The van der Waals surface area contributed by atoms with E-state index in [0.29, 0.717) is 5.56 Å². The summed E-state index contributed by atoms with van der Waals surface area (Å²) in [7, 11) is 0. The van der Waals surface area contributed by atoms with Crippen LogP contribution >= 0.6 is 0 Å². The van der Waals surface area contributed by atoms with Gasteiger partial charge in [-0.3, -0.25) is 4.79 Å². The highest BCUT2D eigenvalue weighted by molar-refractivity contribution is 5.95. The first-order chi connectivity index (χ1) is 5.65. The van der Waals surface area contributed by atoms with Gasteiger partial charge in [0.25, 0.3) is 0 Å².